The lowest BCUT2D eigenvalue weighted by Gasteiger charge is -2.26. The van der Waals surface area contributed by atoms with Gasteiger partial charge < -0.3 is 15.8 Å². The van der Waals surface area contributed by atoms with Crippen molar-refractivity contribution in [3.05, 3.63) is 23.5 Å². The molecule has 1 saturated heterocycles. The Labute approximate surface area is 112 Å². The number of ether oxygens (including phenoxy) is 1. The fraction of sp³-hybridized carbons (Fsp3) is 0.538. The van der Waals surface area contributed by atoms with E-state index in [0.29, 0.717) is 17.8 Å². The summed E-state index contributed by atoms with van der Waals surface area (Å²) in [5.41, 5.74) is 7.52. The topological polar surface area (TPSA) is 80.5 Å². The van der Waals surface area contributed by atoms with Crippen LogP contribution in [0.25, 0.3) is 0 Å². The average Bonchev–Trinajstić information content (AvgIpc) is 2.39. The van der Waals surface area contributed by atoms with Gasteiger partial charge in [0.2, 0.25) is 0 Å². The van der Waals surface area contributed by atoms with Crippen molar-refractivity contribution in [2.75, 3.05) is 45.1 Å². The van der Waals surface area contributed by atoms with Crippen LogP contribution in [-0.4, -0.2) is 55.2 Å². The minimum Gasteiger partial charge on any atom is -0.398 e. The van der Waals surface area contributed by atoms with Crippen LogP contribution in [0.2, 0.25) is 0 Å². The molecule has 0 atom stereocenters. The zero-order chi connectivity index (χ0) is 13.7. The number of aromatic nitrogens is 1. The Bertz CT molecular complexity index is 444. The number of pyridine rings is 1. The number of nitrogen functional groups attached to an aromatic ring is 1. The fourth-order valence-corrected chi connectivity index (χ4v) is 2.02. The number of carbonyl (C=O) groups is 1. The normalized spacial score (nSPS) is 16.3. The highest BCUT2D eigenvalue weighted by molar-refractivity contribution is 5.98. The molecular weight excluding hydrogens is 244 g/mol. The van der Waals surface area contributed by atoms with Gasteiger partial charge in [0.25, 0.3) is 5.91 Å². The average molecular weight is 264 g/mol. The summed E-state index contributed by atoms with van der Waals surface area (Å²) in [6.45, 7) is 6.65. The summed E-state index contributed by atoms with van der Waals surface area (Å²) in [5.74, 6) is -0.168. The number of nitrogens with one attached hydrogen (secondary N) is 1. The second-order valence-corrected chi connectivity index (χ2v) is 4.62. The van der Waals surface area contributed by atoms with E-state index in [0.717, 1.165) is 38.5 Å². The number of hydrogen-bond donors (Lipinski definition) is 2. The van der Waals surface area contributed by atoms with Gasteiger partial charge in [0, 0.05) is 43.8 Å². The van der Waals surface area contributed by atoms with Crippen molar-refractivity contribution >= 4 is 11.6 Å². The molecule has 6 nitrogen and oxygen atoms in total. The van der Waals surface area contributed by atoms with Crippen LogP contribution < -0.4 is 11.1 Å². The monoisotopic (exact) mass is 264 g/mol. The van der Waals surface area contributed by atoms with Crippen LogP contribution in [0.15, 0.2) is 12.3 Å². The zero-order valence-corrected chi connectivity index (χ0v) is 11.2. The van der Waals surface area contributed by atoms with Crippen molar-refractivity contribution in [2.24, 2.45) is 0 Å². The molecule has 0 saturated carbocycles. The van der Waals surface area contributed by atoms with E-state index in [1.807, 2.05) is 6.92 Å². The highest BCUT2D eigenvalue weighted by Crippen LogP contribution is 2.10. The van der Waals surface area contributed by atoms with Crippen LogP contribution >= 0.6 is 0 Å². The quantitative estimate of drug-likeness (QED) is 0.802. The number of nitrogens with zero attached hydrogens (tertiary/aromatic N) is 2. The number of morpholine rings is 1. The summed E-state index contributed by atoms with van der Waals surface area (Å²) in [4.78, 5) is 18.3. The third kappa shape index (κ3) is 3.90. The molecular formula is C13H20N4O2. The lowest BCUT2D eigenvalue weighted by molar-refractivity contribution is 0.0383. The summed E-state index contributed by atoms with van der Waals surface area (Å²) in [5, 5.41) is 2.87. The maximum atomic E-state index is 11.9. The van der Waals surface area contributed by atoms with Crippen molar-refractivity contribution in [1.82, 2.24) is 15.2 Å². The van der Waals surface area contributed by atoms with Gasteiger partial charge in [-0.2, -0.15) is 0 Å². The fourth-order valence-electron chi connectivity index (χ4n) is 2.02. The minimum atomic E-state index is -0.168. The van der Waals surface area contributed by atoms with Crippen LogP contribution in [0.5, 0.6) is 0 Å². The van der Waals surface area contributed by atoms with Crippen LogP contribution in [0.3, 0.4) is 0 Å². The molecule has 104 valence electrons. The van der Waals surface area contributed by atoms with Crippen molar-refractivity contribution < 1.29 is 9.53 Å². The number of aryl methyl sites for hydroxylation is 1. The van der Waals surface area contributed by atoms with E-state index in [2.05, 4.69) is 15.2 Å². The third-order valence-electron chi connectivity index (χ3n) is 3.13. The SMILES string of the molecule is Cc1cc(N)c(C(=O)NCCN2CCOCC2)cn1. The highest BCUT2D eigenvalue weighted by atomic mass is 16.5. The molecule has 1 aromatic heterocycles. The molecule has 3 N–H and O–H groups in total. The molecule has 1 aromatic rings. The number of rotatable bonds is 4. The van der Waals surface area contributed by atoms with Crippen LogP contribution in [0, 0.1) is 6.92 Å². The molecule has 1 amide bonds. The van der Waals surface area contributed by atoms with Gasteiger partial charge in [-0.1, -0.05) is 0 Å². The molecule has 0 unspecified atom stereocenters. The third-order valence-corrected chi connectivity index (χ3v) is 3.13. The molecule has 2 rings (SSSR count). The molecule has 0 radical (unpaired) electrons. The summed E-state index contributed by atoms with van der Waals surface area (Å²) in [6, 6.07) is 1.71. The predicted molar refractivity (Wildman–Crippen MR) is 73.0 cm³/mol. The van der Waals surface area contributed by atoms with Gasteiger partial charge in [0.1, 0.15) is 0 Å². The molecule has 0 spiro atoms. The van der Waals surface area contributed by atoms with E-state index < -0.39 is 0 Å². The predicted octanol–water partition coefficient (Wildman–Crippen LogP) is 0.0342. The van der Waals surface area contributed by atoms with Crippen molar-refractivity contribution in [1.29, 1.82) is 0 Å². The second-order valence-electron chi connectivity index (χ2n) is 4.62. The molecule has 1 fully saturated rings. The van der Waals surface area contributed by atoms with Crippen molar-refractivity contribution in [3.8, 4) is 0 Å². The van der Waals surface area contributed by atoms with E-state index in [1.165, 1.54) is 6.20 Å². The maximum absolute atomic E-state index is 11.9. The summed E-state index contributed by atoms with van der Waals surface area (Å²) in [7, 11) is 0. The first kappa shape index (κ1) is 13.8. The standard InChI is InChI=1S/C13H20N4O2/c1-10-8-12(14)11(9-16-10)13(18)15-2-3-17-4-6-19-7-5-17/h8-9H,2-7H2,1H3,(H2,14,16)(H,15,18). The van der Waals surface area contributed by atoms with Gasteiger partial charge in [0.15, 0.2) is 0 Å². The zero-order valence-electron chi connectivity index (χ0n) is 11.2. The molecule has 0 bridgehead atoms. The van der Waals surface area contributed by atoms with E-state index in [-0.39, 0.29) is 5.91 Å². The number of anilines is 1. The molecule has 1 aliphatic rings. The van der Waals surface area contributed by atoms with Gasteiger partial charge in [-0.25, -0.2) is 0 Å². The first-order chi connectivity index (χ1) is 9.16. The van der Waals surface area contributed by atoms with E-state index in [9.17, 15) is 4.79 Å². The van der Waals surface area contributed by atoms with Crippen molar-refractivity contribution in [2.45, 2.75) is 6.92 Å². The number of amides is 1. The van der Waals surface area contributed by atoms with Gasteiger partial charge in [-0.15, -0.1) is 0 Å². The molecule has 2 heterocycles. The Balaban J connectivity index is 1.80. The Hall–Kier alpha value is -1.66. The molecule has 0 aliphatic carbocycles. The van der Waals surface area contributed by atoms with E-state index in [1.54, 1.807) is 6.07 Å². The maximum Gasteiger partial charge on any atom is 0.254 e. The Kier molecular flexibility index (Phi) is 4.70. The molecule has 0 aromatic carbocycles. The first-order valence-electron chi connectivity index (χ1n) is 6.47. The summed E-state index contributed by atoms with van der Waals surface area (Å²) >= 11 is 0. The van der Waals surface area contributed by atoms with E-state index >= 15 is 0 Å². The second kappa shape index (κ2) is 6.49. The van der Waals surface area contributed by atoms with E-state index in [4.69, 9.17) is 10.5 Å². The Morgan fingerprint density at radius 1 is 1.53 bits per heavy atom. The first-order valence-corrected chi connectivity index (χ1v) is 6.47. The highest BCUT2D eigenvalue weighted by Gasteiger charge is 2.12. The minimum absolute atomic E-state index is 0.168. The lowest BCUT2D eigenvalue weighted by atomic mass is 10.2. The van der Waals surface area contributed by atoms with Gasteiger partial charge >= 0.3 is 0 Å². The Morgan fingerprint density at radius 2 is 2.26 bits per heavy atom. The number of carbonyl (C=O) groups excluding carboxylic acids is 1. The number of hydrogen-bond acceptors (Lipinski definition) is 5. The van der Waals surface area contributed by atoms with Gasteiger partial charge in [0.05, 0.1) is 18.8 Å². The lowest BCUT2D eigenvalue weighted by Crippen LogP contribution is -2.41. The van der Waals surface area contributed by atoms with Gasteiger partial charge in [-0.3, -0.25) is 14.7 Å². The molecule has 19 heavy (non-hydrogen) atoms. The number of nitrogens with two attached hydrogens (primary N) is 1. The van der Waals surface area contributed by atoms with Crippen LogP contribution in [-0.2, 0) is 4.74 Å². The Morgan fingerprint density at radius 3 is 2.95 bits per heavy atom. The molecule has 6 heteroatoms. The van der Waals surface area contributed by atoms with Crippen LogP contribution in [0.4, 0.5) is 5.69 Å². The smallest absolute Gasteiger partial charge is 0.254 e. The summed E-state index contributed by atoms with van der Waals surface area (Å²) < 4.78 is 5.27. The van der Waals surface area contributed by atoms with Crippen molar-refractivity contribution in [3.63, 3.8) is 0 Å². The largest absolute Gasteiger partial charge is 0.398 e. The molecule has 1 aliphatic heterocycles. The summed E-state index contributed by atoms with van der Waals surface area (Å²) in [6.07, 6.45) is 1.52. The van der Waals surface area contributed by atoms with Gasteiger partial charge in [-0.05, 0) is 13.0 Å². The van der Waals surface area contributed by atoms with Crippen LogP contribution in [0.1, 0.15) is 16.1 Å².